The van der Waals surface area contributed by atoms with Crippen LogP contribution in [0.4, 0.5) is 0 Å². The molecular formula is C20H36N6. The maximum atomic E-state index is 4.81. The fourth-order valence-corrected chi connectivity index (χ4v) is 4.42. The number of fused-ring (bicyclic) bond motifs is 1. The van der Waals surface area contributed by atoms with Crippen molar-refractivity contribution >= 4 is 5.96 Å². The number of aryl methyl sites for hydroxylation is 1. The summed E-state index contributed by atoms with van der Waals surface area (Å²) in [5.74, 6) is 3.80. The summed E-state index contributed by atoms with van der Waals surface area (Å²) < 4.78 is 2.28. The second kappa shape index (κ2) is 8.87. The molecule has 0 unspecified atom stereocenters. The van der Waals surface area contributed by atoms with Crippen molar-refractivity contribution in [1.29, 1.82) is 0 Å². The minimum atomic E-state index is 0.469. The highest BCUT2D eigenvalue weighted by Crippen LogP contribution is 2.45. The van der Waals surface area contributed by atoms with Crippen LogP contribution in [0.3, 0.4) is 0 Å². The van der Waals surface area contributed by atoms with E-state index in [0.717, 1.165) is 49.6 Å². The van der Waals surface area contributed by atoms with Gasteiger partial charge in [-0.3, -0.25) is 0 Å². The number of guanidine groups is 1. The highest BCUT2D eigenvalue weighted by atomic mass is 15.3. The summed E-state index contributed by atoms with van der Waals surface area (Å²) in [5, 5.41) is 15.8. The Balaban J connectivity index is 1.61. The molecule has 0 aromatic carbocycles. The first-order valence-corrected chi connectivity index (χ1v) is 10.5. The molecule has 2 aliphatic rings. The fraction of sp³-hybridized carbons (Fsp3) is 0.850. The maximum Gasteiger partial charge on any atom is 0.191 e. The normalized spacial score (nSPS) is 19.6. The number of nitrogens with one attached hydrogen (secondary N) is 2. The summed E-state index contributed by atoms with van der Waals surface area (Å²) in [5.41, 5.74) is 0.469. The Morgan fingerprint density at radius 1 is 1.15 bits per heavy atom. The maximum absolute atomic E-state index is 4.81. The van der Waals surface area contributed by atoms with E-state index in [1.807, 2.05) is 0 Å². The Labute approximate surface area is 158 Å². The van der Waals surface area contributed by atoms with E-state index in [4.69, 9.17) is 4.99 Å². The van der Waals surface area contributed by atoms with Gasteiger partial charge in [0, 0.05) is 26.1 Å². The van der Waals surface area contributed by atoms with Gasteiger partial charge < -0.3 is 15.2 Å². The van der Waals surface area contributed by atoms with Crippen molar-refractivity contribution in [2.75, 3.05) is 13.1 Å². The van der Waals surface area contributed by atoms with Crippen LogP contribution in [0.25, 0.3) is 0 Å². The second-order valence-electron chi connectivity index (χ2n) is 8.49. The highest BCUT2D eigenvalue weighted by Gasteiger charge is 2.37. The predicted molar refractivity (Wildman–Crippen MR) is 106 cm³/mol. The van der Waals surface area contributed by atoms with Gasteiger partial charge in [-0.25, -0.2) is 4.99 Å². The van der Waals surface area contributed by atoms with Gasteiger partial charge in [-0.1, -0.05) is 26.7 Å². The smallest absolute Gasteiger partial charge is 0.191 e. The first-order chi connectivity index (χ1) is 12.6. The summed E-state index contributed by atoms with van der Waals surface area (Å²) in [6.45, 7) is 10.3. The number of nitrogens with zero attached hydrogens (tertiary/aromatic N) is 4. The molecule has 0 saturated heterocycles. The quantitative estimate of drug-likeness (QED) is 0.578. The van der Waals surface area contributed by atoms with Crippen LogP contribution in [0.2, 0.25) is 0 Å². The van der Waals surface area contributed by atoms with E-state index in [1.54, 1.807) is 0 Å². The van der Waals surface area contributed by atoms with Crippen LogP contribution in [-0.2, 0) is 19.5 Å². The number of rotatable bonds is 7. The molecule has 0 radical (unpaired) electrons. The summed E-state index contributed by atoms with van der Waals surface area (Å²) in [6, 6.07) is 0. The van der Waals surface area contributed by atoms with Crippen molar-refractivity contribution in [1.82, 2.24) is 25.4 Å². The lowest BCUT2D eigenvalue weighted by atomic mass is 9.64. The Bertz CT molecular complexity index is 599. The minimum Gasteiger partial charge on any atom is -0.357 e. The Morgan fingerprint density at radius 3 is 2.69 bits per heavy atom. The van der Waals surface area contributed by atoms with Gasteiger partial charge in [-0.2, -0.15) is 0 Å². The topological polar surface area (TPSA) is 67.1 Å². The third-order valence-corrected chi connectivity index (χ3v) is 5.80. The highest BCUT2D eigenvalue weighted by molar-refractivity contribution is 5.79. The molecule has 0 bridgehead atoms. The molecule has 1 saturated carbocycles. The first kappa shape index (κ1) is 19.2. The first-order valence-electron chi connectivity index (χ1n) is 10.5. The molecule has 0 atom stereocenters. The van der Waals surface area contributed by atoms with E-state index in [-0.39, 0.29) is 0 Å². The van der Waals surface area contributed by atoms with Crippen LogP contribution in [0.5, 0.6) is 0 Å². The van der Waals surface area contributed by atoms with Crippen LogP contribution in [0, 0.1) is 11.3 Å². The average Bonchev–Trinajstić information content (AvgIpc) is 2.81. The molecule has 0 spiro atoms. The lowest BCUT2D eigenvalue weighted by Crippen LogP contribution is -2.47. The number of hydrogen-bond acceptors (Lipinski definition) is 3. The molecule has 26 heavy (non-hydrogen) atoms. The van der Waals surface area contributed by atoms with Crippen molar-refractivity contribution < 1.29 is 0 Å². The summed E-state index contributed by atoms with van der Waals surface area (Å²) in [7, 11) is 0. The van der Waals surface area contributed by atoms with Gasteiger partial charge in [0.25, 0.3) is 0 Å². The van der Waals surface area contributed by atoms with Crippen molar-refractivity contribution in [3.8, 4) is 0 Å². The zero-order valence-corrected chi connectivity index (χ0v) is 16.9. The zero-order chi connectivity index (χ0) is 18.4. The van der Waals surface area contributed by atoms with Crippen molar-refractivity contribution in [3.63, 3.8) is 0 Å². The summed E-state index contributed by atoms with van der Waals surface area (Å²) in [6.07, 6.45) is 10.1. The van der Waals surface area contributed by atoms with Crippen molar-refractivity contribution in [3.05, 3.63) is 11.6 Å². The monoisotopic (exact) mass is 360 g/mol. The van der Waals surface area contributed by atoms with Crippen LogP contribution >= 0.6 is 0 Å². The van der Waals surface area contributed by atoms with Crippen LogP contribution in [0.15, 0.2) is 4.99 Å². The molecule has 2 N–H and O–H groups in total. The molecule has 1 fully saturated rings. The zero-order valence-electron chi connectivity index (χ0n) is 16.9. The Kier molecular flexibility index (Phi) is 6.54. The van der Waals surface area contributed by atoms with Crippen molar-refractivity contribution in [2.45, 2.75) is 85.2 Å². The fourth-order valence-electron chi connectivity index (χ4n) is 4.42. The van der Waals surface area contributed by atoms with E-state index in [0.29, 0.717) is 12.0 Å². The molecule has 0 amide bonds. The van der Waals surface area contributed by atoms with Gasteiger partial charge in [0.1, 0.15) is 12.4 Å². The molecule has 146 valence electrons. The van der Waals surface area contributed by atoms with E-state index >= 15 is 0 Å². The van der Waals surface area contributed by atoms with E-state index in [1.165, 1.54) is 44.9 Å². The molecule has 1 aliphatic carbocycles. The molecule has 1 aromatic rings. The van der Waals surface area contributed by atoms with E-state index in [2.05, 4.69) is 46.2 Å². The van der Waals surface area contributed by atoms with Gasteiger partial charge >= 0.3 is 0 Å². The molecule has 3 rings (SSSR count). The largest absolute Gasteiger partial charge is 0.357 e. The van der Waals surface area contributed by atoms with Crippen LogP contribution < -0.4 is 10.6 Å². The van der Waals surface area contributed by atoms with Crippen LogP contribution in [0.1, 0.15) is 77.4 Å². The number of aliphatic imine (C=N–C) groups is 1. The molecule has 1 aromatic heterocycles. The summed E-state index contributed by atoms with van der Waals surface area (Å²) in [4.78, 5) is 4.81. The van der Waals surface area contributed by atoms with Gasteiger partial charge in [-0.15, -0.1) is 10.2 Å². The average molecular weight is 361 g/mol. The molecule has 2 heterocycles. The number of hydrogen-bond donors (Lipinski definition) is 2. The lowest BCUT2D eigenvalue weighted by molar-refractivity contribution is 0.104. The van der Waals surface area contributed by atoms with Gasteiger partial charge in [0.15, 0.2) is 11.8 Å². The summed E-state index contributed by atoms with van der Waals surface area (Å²) >= 11 is 0. The number of aromatic nitrogens is 3. The molecular weight excluding hydrogens is 324 g/mol. The van der Waals surface area contributed by atoms with Crippen molar-refractivity contribution in [2.24, 2.45) is 16.3 Å². The second-order valence-corrected chi connectivity index (χ2v) is 8.49. The van der Waals surface area contributed by atoms with Gasteiger partial charge in [0.2, 0.25) is 0 Å². The van der Waals surface area contributed by atoms with Crippen LogP contribution in [-0.4, -0.2) is 33.8 Å². The molecule has 6 nitrogen and oxygen atoms in total. The van der Waals surface area contributed by atoms with E-state index < -0.39 is 0 Å². The molecule has 6 heteroatoms. The molecule has 1 aliphatic heterocycles. The Hall–Kier alpha value is -1.59. The standard InChI is InChI=1S/C20H36N6/c1-4-21-19(23-15-20(10-8-11-20)13-16(2)3)22-14-18-25-24-17-9-6-5-7-12-26(17)18/h16H,4-15H2,1-3H3,(H2,21,22,23). The third kappa shape index (κ3) is 4.77. The lowest BCUT2D eigenvalue weighted by Gasteiger charge is -2.43. The van der Waals surface area contributed by atoms with Gasteiger partial charge in [-0.05, 0) is 50.4 Å². The van der Waals surface area contributed by atoms with Gasteiger partial charge in [0.05, 0.1) is 0 Å². The minimum absolute atomic E-state index is 0.469. The Morgan fingerprint density at radius 2 is 2.00 bits per heavy atom. The SMILES string of the molecule is CCNC(=NCc1nnc2n1CCCCC2)NCC1(CC(C)C)CCC1. The third-order valence-electron chi connectivity index (χ3n) is 5.80. The predicted octanol–water partition coefficient (Wildman–Crippen LogP) is 3.28. The van der Waals surface area contributed by atoms with E-state index in [9.17, 15) is 0 Å².